The van der Waals surface area contributed by atoms with Gasteiger partial charge in [-0.1, -0.05) is 6.07 Å². The van der Waals surface area contributed by atoms with Gasteiger partial charge in [-0.2, -0.15) is 0 Å². The standard InChI is InChI=1S/C19H20N2O5/c1-12-7-8-13(11-14(12)19(24)25)20-17(22)15-5-2-3-9-21(15)18(23)16-6-4-10-26-16/h4,6-8,10-11,15H,2-3,5,9H2,1H3,(H,20,22)(H,24,25). The molecular formula is C19H20N2O5. The number of likely N-dealkylation sites (tertiary alicyclic amines) is 1. The topological polar surface area (TPSA) is 99.9 Å². The highest BCUT2D eigenvalue weighted by Gasteiger charge is 2.33. The van der Waals surface area contributed by atoms with Crippen molar-refractivity contribution in [3.63, 3.8) is 0 Å². The molecule has 1 unspecified atom stereocenters. The van der Waals surface area contributed by atoms with Crippen LogP contribution in [0, 0.1) is 6.92 Å². The van der Waals surface area contributed by atoms with Gasteiger partial charge in [-0.3, -0.25) is 9.59 Å². The highest BCUT2D eigenvalue weighted by atomic mass is 16.4. The minimum Gasteiger partial charge on any atom is -0.478 e. The van der Waals surface area contributed by atoms with Crippen LogP contribution in [0.5, 0.6) is 0 Å². The van der Waals surface area contributed by atoms with Crippen molar-refractivity contribution in [2.75, 3.05) is 11.9 Å². The molecule has 0 spiro atoms. The summed E-state index contributed by atoms with van der Waals surface area (Å²) in [6.45, 7) is 2.17. The lowest BCUT2D eigenvalue weighted by atomic mass is 10.0. The van der Waals surface area contributed by atoms with Gasteiger partial charge in [-0.15, -0.1) is 0 Å². The van der Waals surface area contributed by atoms with Crippen LogP contribution < -0.4 is 5.32 Å². The molecule has 1 aliphatic heterocycles. The molecule has 1 aromatic carbocycles. The molecule has 1 atom stereocenters. The molecule has 0 aliphatic carbocycles. The Morgan fingerprint density at radius 1 is 1.23 bits per heavy atom. The third-order valence-electron chi connectivity index (χ3n) is 4.53. The largest absolute Gasteiger partial charge is 0.478 e. The van der Waals surface area contributed by atoms with E-state index in [4.69, 9.17) is 4.42 Å². The molecule has 2 aromatic rings. The Labute approximate surface area is 150 Å². The van der Waals surface area contributed by atoms with Crippen molar-refractivity contribution in [2.24, 2.45) is 0 Å². The van der Waals surface area contributed by atoms with E-state index in [1.165, 1.54) is 17.2 Å². The summed E-state index contributed by atoms with van der Waals surface area (Å²) in [5.74, 6) is -1.49. The quantitative estimate of drug-likeness (QED) is 0.877. The van der Waals surface area contributed by atoms with Crippen molar-refractivity contribution in [1.29, 1.82) is 0 Å². The second-order valence-corrected chi connectivity index (χ2v) is 6.31. The fourth-order valence-corrected chi connectivity index (χ4v) is 3.14. The van der Waals surface area contributed by atoms with Gasteiger partial charge in [0.15, 0.2) is 5.76 Å². The van der Waals surface area contributed by atoms with Crippen LogP contribution in [-0.4, -0.2) is 40.4 Å². The maximum Gasteiger partial charge on any atom is 0.336 e. The number of amides is 2. The summed E-state index contributed by atoms with van der Waals surface area (Å²) in [6.07, 6.45) is 3.64. The highest BCUT2D eigenvalue weighted by molar-refractivity contribution is 6.01. The second-order valence-electron chi connectivity index (χ2n) is 6.31. The Balaban J connectivity index is 1.78. The molecule has 3 rings (SSSR count). The molecule has 2 heterocycles. The van der Waals surface area contributed by atoms with Crippen LogP contribution in [0.4, 0.5) is 5.69 Å². The van der Waals surface area contributed by atoms with E-state index in [2.05, 4.69) is 5.32 Å². The Bertz CT molecular complexity index is 828. The first kappa shape index (κ1) is 17.7. The molecule has 136 valence electrons. The first-order chi connectivity index (χ1) is 12.5. The molecule has 0 bridgehead atoms. The number of rotatable bonds is 4. The van der Waals surface area contributed by atoms with Crippen LogP contribution in [0.3, 0.4) is 0 Å². The average Bonchev–Trinajstić information content (AvgIpc) is 3.17. The minimum absolute atomic E-state index is 0.134. The summed E-state index contributed by atoms with van der Waals surface area (Å²) in [7, 11) is 0. The van der Waals surface area contributed by atoms with E-state index in [-0.39, 0.29) is 23.1 Å². The fraction of sp³-hybridized carbons (Fsp3) is 0.316. The van der Waals surface area contributed by atoms with Gasteiger partial charge in [0.1, 0.15) is 6.04 Å². The van der Waals surface area contributed by atoms with Gasteiger partial charge in [0.2, 0.25) is 5.91 Å². The van der Waals surface area contributed by atoms with Crippen molar-refractivity contribution in [3.05, 3.63) is 53.5 Å². The third-order valence-corrected chi connectivity index (χ3v) is 4.53. The van der Waals surface area contributed by atoms with Crippen LogP contribution in [-0.2, 0) is 4.79 Å². The van der Waals surface area contributed by atoms with E-state index in [9.17, 15) is 19.5 Å². The summed E-state index contributed by atoms with van der Waals surface area (Å²) in [5, 5.41) is 12.0. The number of aromatic carboxylic acids is 1. The SMILES string of the molecule is Cc1ccc(NC(=O)C2CCCCN2C(=O)c2ccco2)cc1C(=O)O. The molecule has 0 radical (unpaired) electrons. The summed E-state index contributed by atoms with van der Waals surface area (Å²) in [5.41, 5.74) is 1.15. The summed E-state index contributed by atoms with van der Waals surface area (Å²) >= 11 is 0. The Kier molecular flexibility index (Phi) is 5.06. The number of hydrogen-bond donors (Lipinski definition) is 2. The van der Waals surface area contributed by atoms with Crippen LogP contribution in [0.1, 0.15) is 45.7 Å². The molecule has 1 aliphatic rings. The molecule has 1 aromatic heterocycles. The summed E-state index contributed by atoms with van der Waals surface area (Å²) in [4.78, 5) is 38.1. The fourth-order valence-electron chi connectivity index (χ4n) is 3.14. The first-order valence-corrected chi connectivity index (χ1v) is 8.46. The lowest BCUT2D eigenvalue weighted by Gasteiger charge is -2.34. The van der Waals surface area contributed by atoms with Crippen molar-refractivity contribution >= 4 is 23.5 Å². The number of aryl methyl sites for hydroxylation is 1. The second kappa shape index (κ2) is 7.43. The zero-order valence-electron chi connectivity index (χ0n) is 14.4. The highest BCUT2D eigenvalue weighted by Crippen LogP contribution is 2.22. The number of anilines is 1. The zero-order valence-corrected chi connectivity index (χ0v) is 14.4. The number of furan rings is 1. The van der Waals surface area contributed by atoms with E-state index in [1.807, 2.05) is 0 Å². The van der Waals surface area contributed by atoms with Crippen molar-refractivity contribution in [3.8, 4) is 0 Å². The molecule has 2 amide bonds. The smallest absolute Gasteiger partial charge is 0.336 e. The number of nitrogens with one attached hydrogen (secondary N) is 1. The number of carboxylic acid groups (broad SMARTS) is 1. The van der Waals surface area contributed by atoms with Gasteiger partial charge >= 0.3 is 5.97 Å². The van der Waals surface area contributed by atoms with E-state index in [1.54, 1.807) is 31.2 Å². The van der Waals surface area contributed by atoms with Gasteiger partial charge in [-0.25, -0.2) is 4.79 Å². The van der Waals surface area contributed by atoms with Crippen molar-refractivity contribution < 1.29 is 23.9 Å². The molecule has 1 saturated heterocycles. The minimum atomic E-state index is -1.05. The van der Waals surface area contributed by atoms with E-state index < -0.39 is 12.0 Å². The molecule has 0 saturated carbocycles. The number of hydrogen-bond acceptors (Lipinski definition) is 4. The Morgan fingerprint density at radius 2 is 2.04 bits per heavy atom. The number of nitrogens with zero attached hydrogens (tertiary/aromatic N) is 1. The maximum absolute atomic E-state index is 12.7. The Hall–Kier alpha value is -3.09. The van der Waals surface area contributed by atoms with Gasteiger partial charge in [0.05, 0.1) is 11.8 Å². The lowest BCUT2D eigenvalue weighted by Crippen LogP contribution is -2.49. The van der Waals surface area contributed by atoms with E-state index in [0.29, 0.717) is 24.2 Å². The first-order valence-electron chi connectivity index (χ1n) is 8.46. The summed E-state index contributed by atoms with van der Waals surface area (Å²) in [6, 6.07) is 7.32. The number of carbonyl (C=O) groups is 3. The number of carbonyl (C=O) groups excluding carboxylic acids is 2. The molecule has 26 heavy (non-hydrogen) atoms. The van der Waals surface area contributed by atoms with Crippen molar-refractivity contribution in [1.82, 2.24) is 4.90 Å². The normalized spacial score (nSPS) is 17.0. The monoisotopic (exact) mass is 356 g/mol. The maximum atomic E-state index is 12.7. The van der Waals surface area contributed by atoms with Crippen molar-refractivity contribution in [2.45, 2.75) is 32.2 Å². The van der Waals surface area contributed by atoms with Crippen LogP contribution in [0.15, 0.2) is 41.0 Å². The van der Waals surface area contributed by atoms with Gasteiger partial charge in [0, 0.05) is 12.2 Å². The van der Waals surface area contributed by atoms with Crippen LogP contribution >= 0.6 is 0 Å². The molecule has 7 nitrogen and oxygen atoms in total. The predicted molar refractivity (Wildman–Crippen MR) is 94.2 cm³/mol. The van der Waals surface area contributed by atoms with Gasteiger partial charge in [0.25, 0.3) is 5.91 Å². The zero-order chi connectivity index (χ0) is 18.7. The van der Waals surface area contributed by atoms with Crippen LogP contribution in [0.2, 0.25) is 0 Å². The van der Waals surface area contributed by atoms with Gasteiger partial charge in [-0.05, 0) is 56.0 Å². The molecular weight excluding hydrogens is 336 g/mol. The van der Waals surface area contributed by atoms with Gasteiger partial charge < -0.3 is 19.7 Å². The van der Waals surface area contributed by atoms with Crippen LogP contribution in [0.25, 0.3) is 0 Å². The van der Waals surface area contributed by atoms with E-state index in [0.717, 1.165) is 12.8 Å². The molecule has 7 heteroatoms. The number of carboxylic acids is 1. The molecule has 1 fully saturated rings. The lowest BCUT2D eigenvalue weighted by molar-refractivity contribution is -0.121. The number of benzene rings is 1. The Morgan fingerprint density at radius 3 is 2.73 bits per heavy atom. The third kappa shape index (κ3) is 3.61. The number of piperidine rings is 1. The van der Waals surface area contributed by atoms with E-state index >= 15 is 0 Å². The summed E-state index contributed by atoms with van der Waals surface area (Å²) < 4.78 is 5.16. The average molecular weight is 356 g/mol. The predicted octanol–water partition coefficient (Wildman–Crippen LogP) is 2.92. The molecule has 2 N–H and O–H groups in total.